The van der Waals surface area contributed by atoms with Gasteiger partial charge in [0.2, 0.25) is 0 Å². The second-order valence-electron chi connectivity index (χ2n) is 6.45. The Hall–Kier alpha value is -3.45. The molecule has 0 aliphatic rings. The number of esters is 2. The van der Waals surface area contributed by atoms with Gasteiger partial charge in [0.05, 0.1) is 5.56 Å². The van der Waals surface area contributed by atoms with Crippen LogP contribution in [-0.4, -0.2) is 31.0 Å². The molecule has 1 heterocycles. The number of hydrogen-bond donors (Lipinski definition) is 1. The molecule has 6 nitrogen and oxygen atoms in total. The van der Waals surface area contributed by atoms with Crippen LogP contribution in [-0.2, 0) is 20.7 Å². The molecule has 0 radical (unpaired) electrons. The van der Waals surface area contributed by atoms with Crippen molar-refractivity contribution < 1.29 is 23.9 Å². The molecule has 0 unspecified atom stereocenters. The summed E-state index contributed by atoms with van der Waals surface area (Å²) in [6.45, 7) is 1.53. The van der Waals surface area contributed by atoms with Crippen LogP contribution in [0.1, 0.15) is 22.2 Å². The lowest BCUT2D eigenvalue weighted by atomic mass is 10.0. The van der Waals surface area contributed by atoms with E-state index in [0.29, 0.717) is 17.9 Å². The van der Waals surface area contributed by atoms with Crippen molar-refractivity contribution in [3.05, 3.63) is 76.5 Å². The molecule has 0 spiro atoms. The Kier molecular flexibility index (Phi) is 7.34. The van der Waals surface area contributed by atoms with E-state index in [1.807, 2.05) is 29.6 Å². The highest BCUT2D eigenvalue weighted by molar-refractivity contribution is 7.09. The number of carbonyl (C=O) groups excluding carboxylic acids is 3. The molecule has 1 amide bonds. The van der Waals surface area contributed by atoms with E-state index in [-0.39, 0.29) is 18.5 Å². The number of rotatable bonds is 8. The Morgan fingerprint density at radius 2 is 1.60 bits per heavy atom. The number of hydrogen-bond acceptors (Lipinski definition) is 6. The lowest BCUT2D eigenvalue weighted by molar-refractivity contribution is -0.131. The molecule has 0 fully saturated rings. The second-order valence-corrected chi connectivity index (χ2v) is 7.48. The van der Waals surface area contributed by atoms with Crippen LogP contribution in [0, 0.1) is 0 Å². The van der Waals surface area contributed by atoms with Crippen molar-refractivity contribution in [2.45, 2.75) is 13.3 Å². The molecule has 3 aromatic rings. The van der Waals surface area contributed by atoms with Gasteiger partial charge < -0.3 is 14.8 Å². The standard InChI is InChI=1S/C23H21NO5S/c1-16(25)29-20-10-8-18(9-11-20)17-4-6-19(7-5-17)23(27)28-15-22(26)24-13-12-21-3-2-14-30-21/h2-11,14H,12-13,15H2,1H3,(H,24,26). The average molecular weight is 423 g/mol. The van der Waals surface area contributed by atoms with Crippen LogP contribution in [0.4, 0.5) is 0 Å². The van der Waals surface area contributed by atoms with Gasteiger partial charge in [0, 0.05) is 18.3 Å². The Morgan fingerprint density at radius 3 is 2.20 bits per heavy atom. The van der Waals surface area contributed by atoms with E-state index in [9.17, 15) is 14.4 Å². The maximum atomic E-state index is 12.2. The third-order valence-electron chi connectivity index (χ3n) is 4.18. The van der Waals surface area contributed by atoms with E-state index >= 15 is 0 Å². The summed E-state index contributed by atoms with van der Waals surface area (Å²) >= 11 is 1.64. The summed E-state index contributed by atoms with van der Waals surface area (Å²) in [6.07, 6.45) is 0.751. The number of nitrogens with one attached hydrogen (secondary N) is 1. The van der Waals surface area contributed by atoms with Crippen molar-refractivity contribution in [3.63, 3.8) is 0 Å². The molecule has 0 aliphatic carbocycles. The molecule has 0 atom stereocenters. The van der Waals surface area contributed by atoms with Gasteiger partial charge >= 0.3 is 11.9 Å². The van der Waals surface area contributed by atoms with E-state index in [0.717, 1.165) is 17.5 Å². The van der Waals surface area contributed by atoms with E-state index in [1.165, 1.54) is 11.8 Å². The first-order valence-corrected chi connectivity index (χ1v) is 10.2. The Balaban J connectivity index is 1.47. The third kappa shape index (κ3) is 6.28. The molecule has 1 N–H and O–H groups in total. The third-order valence-corrected chi connectivity index (χ3v) is 5.11. The molecule has 0 saturated carbocycles. The highest BCUT2D eigenvalue weighted by Crippen LogP contribution is 2.23. The van der Waals surface area contributed by atoms with Crippen LogP contribution in [0.25, 0.3) is 11.1 Å². The SMILES string of the molecule is CC(=O)Oc1ccc(-c2ccc(C(=O)OCC(=O)NCCc3cccs3)cc2)cc1. The molecule has 0 bridgehead atoms. The average Bonchev–Trinajstić information content (AvgIpc) is 3.26. The molecule has 154 valence electrons. The van der Waals surface area contributed by atoms with Crippen LogP contribution in [0.2, 0.25) is 0 Å². The van der Waals surface area contributed by atoms with Crippen LogP contribution < -0.4 is 10.1 Å². The van der Waals surface area contributed by atoms with Crippen molar-refractivity contribution in [3.8, 4) is 16.9 Å². The Labute approximate surface area is 178 Å². The molecule has 1 aromatic heterocycles. The largest absolute Gasteiger partial charge is 0.452 e. The fourth-order valence-corrected chi connectivity index (χ4v) is 3.43. The van der Waals surface area contributed by atoms with Crippen molar-refractivity contribution in [2.24, 2.45) is 0 Å². The second kappa shape index (κ2) is 10.4. The maximum Gasteiger partial charge on any atom is 0.338 e. The summed E-state index contributed by atoms with van der Waals surface area (Å²) in [5.41, 5.74) is 2.17. The number of ether oxygens (including phenoxy) is 2. The maximum absolute atomic E-state index is 12.2. The minimum absolute atomic E-state index is 0.317. The molecular weight excluding hydrogens is 402 g/mol. The van der Waals surface area contributed by atoms with Crippen molar-refractivity contribution >= 4 is 29.2 Å². The van der Waals surface area contributed by atoms with Gasteiger partial charge in [0.15, 0.2) is 6.61 Å². The number of amides is 1. The summed E-state index contributed by atoms with van der Waals surface area (Å²) < 4.78 is 10.1. The summed E-state index contributed by atoms with van der Waals surface area (Å²) in [5.74, 6) is -0.786. The minimum atomic E-state index is -0.555. The molecule has 0 aliphatic heterocycles. The van der Waals surface area contributed by atoms with Gasteiger partial charge in [-0.15, -0.1) is 11.3 Å². The predicted molar refractivity (Wildman–Crippen MR) is 115 cm³/mol. The van der Waals surface area contributed by atoms with Gasteiger partial charge in [-0.3, -0.25) is 9.59 Å². The molecule has 3 rings (SSSR count). The zero-order valence-corrected chi connectivity index (χ0v) is 17.2. The lowest BCUT2D eigenvalue weighted by Crippen LogP contribution is -2.30. The topological polar surface area (TPSA) is 81.7 Å². The molecule has 30 heavy (non-hydrogen) atoms. The van der Waals surface area contributed by atoms with Crippen LogP contribution in [0.5, 0.6) is 5.75 Å². The summed E-state index contributed by atoms with van der Waals surface area (Å²) in [7, 11) is 0. The number of benzene rings is 2. The van der Waals surface area contributed by atoms with Crippen LogP contribution in [0.3, 0.4) is 0 Å². The Morgan fingerprint density at radius 1 is 0.933 bits per heavy atom. The summed E-state index contributed by atoms with van der Waals surface area (Å²) in [4.78, 5) is 36.1. The molecule has 2 aromatic carbocycles. The smallest absolute Gasteiger partial charge is 0.338 e. The fraction of sp³-hybridized carbons (Fsp3) is 0.174. The molecular formula is C23H21NO5S. The monoisotopic (exact) mass is 423 g/mol. The summed E-state index contributed by atoms with van der Waals surface area (Å²) in [5, 5.41) is 4.72. The van der Waals surface area contributed by atoms with Crippen LogP contribution in [0.15, 0.2) is 66.0 Å². The summed E-state index contributed by atoms with van der Waals surface area (Å²) in [6, 6.07) is 17.9. The number of carbonyl (C=O) groups is 3. The lowest BCUT2D eigenvalue weighted by Gasteiger charge is -2.07. The fourth-order valence-electron chi connectivity index (χ4n) is 2.73. The Bertz CT molecular complexity index is 995. The first-order chi connectivity index (χ1) is 14.5. The first kappa shape index (κ1) is 21.3. The molecule has 0 saturated heterocycles. The van der Waals surface area contributed by atoms with Gasteiger partial charge in [-0.2, -0.15) is 0 Å². The van der Waals surface area contributed by atoms with E-state index in [1.54, 1.807) is 47.7 Å². The van der Waals surface area contributed by atoms with Gasteiger partial charge in [-0.25, -0.2) is 4.79 Å². The van der Waals surface area contributed by atoms with Crippen LogP contribution >= 0.6 is 11.3 Å². The van der Waals surface area contributed by atoms with E-state index in [4.69, 9.17) is 9.47 Å². The zero-order chi connectivity index (χ0) is 21.3. The van der Waals surface area contributed by atoms with Gasteiger partial charge in [0.25, 0.3) is 5.91 Å². The zero-order valence-electron chi connectivity index (χ0n) is 16.4. The van der Waals surface area contributed by atoms with Crippen molar-refractivity contribution in [1.29, 1.82) is 0 Å². The highest BCUT2D eigenvalue weighted by atomic mass is 32.1. The van der Waals surface area contributed by atoms with Gasteiger partial charge in [0.1, 0.15) is 5.75 Å². The van der Waals surface area contributed by atoms with Gasteiger partial charge in [-0.1, -0.05) is 30.3 Å². The van der Waals surface area contributed by atoms with Crippen molar-refractivity contribution in [2.75, 3.05) is 13.2 Å². The van der Waals surface area contributed by atoms with Gasteiger partial charge in [-0.05, 0) is 53.3 Å². The quantitative estimate of drug-likeness (QED) is 0.440. The van der Waals surface area contributed by atoms with E-state index < -0.39 is 5.97 Å². The normalized spacial score (nSPS) is 10.3. The predicted octanol–water partition coefficient (Wildman–Crippen LogP) is 3.86. The van der Waals surface area contributed by atoms with Crippen molar-refractivity contribution in [1.82, 2.24) is 5.32 Å². The minimum Gasteiger partial charge on any atom is -0.452 e. The highest BCUT2D eigenvalue weighted by Gasteiger charge is 2.10. The van der Waals surface area contributed by atoms with E-state index in [2.05, 4.69) is 5.32 Å². The first-order valence-electron chi connectivity index (χ1n) is 9.36. The number of thiophene rings is 1. The molecule has 7 heteroatoms.